The van der Waals surface area contributed by atoms with E-state index in [9.17, 15) is 13.9 Å². The zero-order chi connectivity index (χ0) is 13.6. The molecule has 2 aliphatic rings. The van der Waals surface area contributed by atoms with Crippen LogP contribution < -0.4 is 0 Å². The zero-order valence-electron chi connectivity index (χ0n) is 10.6. The maximum Gasteiger partial charge on any atom is 0.143 e. The molecule has 1 aromatic rings. The molecular weight excluding hydrogens is 314 g/mol. The van der Waals surface area contributed by atoms with Crippen LogP contribution >= 0.6 is 15.9 Å². The van der Waals surface area contributed by atoms with Crippen LogP contribution in [0.5, 0.6) is 0 Å². The van der Waals surface area contributed by atoms with E-state index in [4.69, 9.17) is 0 Å². The normalized spacial score (nSPS) is 30.8. The Morgan fingerprint density at radius 3 is 2.47 bits per heavy atom. The fourth-order valence-corrected chi connectivity index (χ4v) is 4.09. The number of rotatable bonds is 3. The highest BCUT2D eigenvalue weighted by atomic mass is 79.9. The molecule has 3 unspecified atom stereocenters. The van der Waals surface area contributed by atoms with E-state index in [-0.39, 0.29) is 22.4 Å². The molecule has 0 aromatic heterocycles. The molecule has 0 spiro atoms. The standard InChI is InChI=1S/C15H17BrF2O/c16-11-5-6-12(17)10(15(11)18)7-13(19)14-8-3-1-2-4-9(8)14/h5-6,8-9,13-14,19H,1-4,7H2. The van der Waals surface area contributed by atoms with Gasteiger partial charge in [-0.2, -0.15) is 0 Å². The summed E-state index contributed by atoms with van der Waals surface area (Å²) in [6.45, 7) is 0. The Balaban J connectivity index is 1.73. The molecule has 1 aromatic carbocycles. The Labute approximate surface area is 120 Å². The summed E-state index contributed by atoms with van der Waals surface area (Å²) in [4.78, 5) is 0. The van der Waals surface area contributed by atoms with Crippen LogP contribution in [0.25, 0.3) is 0 Å². The fraction of sp³-hybridized carbons (Fsp3) is 0.600. The Bertz CT molecular complexity index is 479. The van der Waals surface area contributed by atoms with E-state index in [1.54, 1.807) is 0 Å². The first-order chi connectivity index (χ1) is 9.09. The number of halogens is 3. The quantitative estimate of drug-likeness (QED) is 0.828. The van der Waals surface area contributed by atoms with Gasteiger partial charge in [0.05, 0.1) is 10.6 Å². The van der Waals surface area contributed by atoms with Gasteiger partial charge in [0.15, 0.2) is 0 Å². The lowest BCUT2D eigenvalue weighted by molar-refractivity contribution is 0.138. The summed E-state index contributed by atoms with van der Waals surface area (Å²) in [6, 6.07) is 2.60. The van der Waals surface area contributed by atoms with Gasteiger partial charge in [0, 0.05) is 12.0 Å². The number of fused-ring (bicyclic) bond motifs is 1. The first-order valence-corrected chi connectivity index (χ1v) is 7.69. The summed E-state index contributed by atoms with van der Waals surface area (Å²) in [7, 11) is 0. The van der Waals surface area contributed by atoms with E-state index < -0.39 is 17.7 Å². The van der Waals surface area contributed by atoms with Gasteiger partial charge in [-0.05, 0) is 58.7 Å². The highest BCUT2D eigenvalue weighted by Crippen LogP contribution is 2.57. The second-order valence-corrected chi connectivity index (χ2v) is 6.64. The van der Waals surface area contributed by atoms with Crippen molar-refractivity contribution in [3.8, 4) is 0 Å². The van der Waals surface area contributed by atoms with Crippen molar-refractivity contribution in [3.63, 3.8) is 0 Å². The van der Waals surface area contributed by atoms with Gasteiger partial charge in [0.1, 0.15) is 11.6 Å². The number of hydrogen-bond acceptors (Lipinski definition) is 1. The molecule has 0 heterocycles. The van der Waals surface area contributed by atoms with E-state index in [1.165, 1.54) is 25.0 Å². The van der Waals surface area contributed by atoms with Crippen LogP contribution in [0.1, 0.15) is 31.2 Å². The van der Waals surface area contributed by atoms with Gasteiger partial charge in [-0.3, -0.25) is 0 Å². The summed E-state index contributed by atoms with van der Waals surface area (Å²) < 4.78 is 27.8. The molecule has 3 atom stereocenters. The SMILES string of the molecule is OC(Cc1c(F)ccc(Br)c1F)C1C2CCCCC21. The third-order valence-corrected chi connectivity index (χ3v) is 5.33. The summed E-state index contributed by atoms with van der Waals surface area (Å²) >= 11 is 3.06. The number of aliphatic hydroxyl groups is 1. The molecule has 19 heavy (non-hydrogen) atoms. The first kappa shape index (κ1) is 13.5. The molecule has 2 aliphatic carbocycles. The summed E-state index contributed by atoms with van der Waals surface area (Å²) in [6.07, 6.45) is 4.24. The minimum absolute atomic E-state index is 0.00511. The molecule has 0 radical (unpaired) electrons. The van der Waals surface area contributed by atoms with Gasteiger partial charge in [-0.15, -0.1) is 0 Å². The number of hydrogen-bond donors (Lipinski definition) is 1. The Morgan fingerprint density at radius 2 is 1.84 bits per heavy atom. The van der Waals surface area contributed by atoms with Crippen LogP contribution in [-0.4, -0.2) is 11.2 Å². The topological polar surface area (TPSA) is 20.2 Å². The third kappa shape index (κ3) is 2.45. The highest BCUT2D eigenvalue weighted by Gasteiger charge is 2.53. The van der Waals surface area contributed by atoms with Crippen molar-refractivity contribution in [3.05, 3.63) is 33.8 Å². The van der Waals surface area contributed by atoms with E-state index in [0.29, 0.717) is 11.8 Å². The smallest absolute Gasteiger partial charge is 0.143 e. The van der Waals surface area contributed by atoms with Crippen molar-refractivity contribution in [2.24, 2.45) is 17.8 Å². The summed E-state index contributed by atoms with van der Waals surface area (Å²) in [5.74, 6) is 0.273. The van der Waals surface area contributed by atoms with Crippen molar-refractivity contribution in [1.82, 2.24) is 0 Å². The van der Waals surface area contributed by atoms with Gasteiger partial charge in [-0.25, -0.2) is 8.78 Å². The molecular formula is C15H17BrF2O. The lowest BCUT2D eigenvalue weighted by atomic mass is 10.0. The Hall–Kier alpha value is -0.480. The molecule has 0 amide bonds. The Morgan fingerprint density at radius 1 is 1.21 bits per heavy atom. The van der Waals surface area contributed by atoms with Crippen LogP contribution in [0.2, 0.25) is 0 Å². The molecule has 2 saturated carbocycles. The molecule has 3 rings (SSSR count). The van der Waals surface area contributed by atoms with Crippen molar-refractivity contribution in [1.29, 1.82) is 0 Å². The number of benzene rings is 1. The molecule has 0 saturated heterocycles. The minimum Gasteiger partial charge on any atom is -0.392 e. The maximum absolute atomic E-state index is 13.9. The fourth-order valence-electron chi connectivity index (χ4n) is 3.72. The average molecular weight is 331 g/mol. The predicted molar refractivity (Wildman–Crippen MR) is 72.7 cm³/mol. The van der Waals surface area contributed by atoms with E-state index in [0.717, 1.165) is 12.8 Å². The van der Waals surface area contributed by atoms with Crippen LogP contribution in [-0.2, 0) is 6.42 Å². The molecule has 2 fully saturated rings. The monoisotopic (exact) mass is 330 g/mol. The average Bonchev–Trinajstić information content (AvgIpc) is 3.13. The van der Waals surface area contributed by atoms with E-state index in [2.05, 4.69) is 15.9 Å². The lowest BCUT2D eigenvalue weighted by Gasteiger charge is -2.12. The number of aliphatic hydroxyl groups excluding tert-OH is 1. The van der Waals surface area contributed by atoms with E-state index in [1.807, 2.05) is 0 Å². The zero-order valence-corrected chi connectivity index (χ0v) is 12.2. The van der Waals surface area contributed by atoms with Crippen molar-refractivity contribution >= 4 is 15.9 Å². The van der Waals surface area contributed by atoms with Gasteiger partial charge < -0.3 is 5.11 Å². The van der Waals surface area contributed by atoms with Crippen molar-refractivity contribution in [2.45, 2.75) is 38.2 Å². The van der Waals surface area contributed by atoms with Crippen molar-refractivity contribution < 1.29 is 13.9 Å². The van der Waals surface area contributed by atoms with Gasteiger partial charge in [0.25, 0.3) is 0 Å². The van der Waals surface area contributed by atoms with Gasteiger partial charge >= 0.3 is 0 Å². The van der Waals surface area contributed by atoms with Crippen LogP contribution in [0.4, 0.5) is 8.78 Å². The van der Waals surface area contributed by atoms with Crippen molar-refractivity contribution in [2.75, 3.05) is 0 Å². The highest BCUT2D eigenvalue weighted by molar-refractivity contribution is 9.10. The summed E-state index contributed by atoms with van der Waals surface area (Å²) in [5.41, 5.74) is 0.00511. The largest absolute Gasteiger partial charge is 0.392 e. The van der Waals surface area contributed by atoms with Crippen LogP contribution in [0.15, 0.2) is 16.6 Å². The second kappa shape index (κ2) is 5.13. The molecule has 0 bridgehead atoms. The molecule has 0 aliphatic heterocycles. The predicted octanol–water partition coefficient (Wildman–Crippen LogP) is 4.07. The molecule has 4 heteroatoms. The lowest BCUT2D eigenvalue weighted by Crippen LogP contribution is -2.17. The van der Waals surface area contributed by atoms with Gasteiger partial charge in [-0.1, -0.05) is 12.8 Å². The van der Waals surface area contributed by atoms with Crippen LogP contribution in [0, 0.1) is 29.4 Å². The first-order valence-electron chi connectivity index (χ1n) is 6.90. The third-order valence-electron chi connectivity index (χ3n) is 4.72. The second-order valence-electron chi connectivity index (χ2n) is 5.78. The van der Waals surface area contributed by atoms with Gasteiger partial charge in [0.2, 0.25) is 0 Å². The molecule has 104 valence electrons. The minimum atomic E-state index is -0.619. The molecule has 1 N–H and O–H groups in total. The van der Waals surface area contributed by atoms with E-state index >= 15 is 0 Å². The molecule has 1 nitrogen and oxygen atoms in total. The maximum atomic E-state index is 13.9. The Kier molecular flexibility index (Phi) is 3.65. The summed E-state index contributed by atoms with van der Waals surface area (Å²) in [5, 5.41) is 10.3. The van der Waals surface area contributed by atoms with Crippen LogP contribution in [0.3, 0.4) is 0 Å².